The number of imide groups is 1. The van der Waals surface area contributed by atoms with Crippen LogP contribution in [0.2, 0.25) is 0 Å². The summed E-state index contributed by atoms with van der Waals surface area (Å²) in [5.41, 5.74) is 0. The maximum Gasteiger partial charge on any atom is 0.321 e. The van der Waals surface area contributed by atoms with Gasteiger partial charge in [-0.2, -0.15) is 0 Å². The largest absolute Gasteiger partial charge is 0.396 e. The Morgan fingerprint density at radius 3 is 2.28 bits per heavy atom. The minimum absolute atomic E-state index is 0.0463. The van der Waals surface area contributed by atoms with Crippen molar-refractivity contribution in [2.75, 3.05) is 13.2 Å². The van der Waals surface area contributed by atoms with Crippen molar-refractivity contribution in [2.24, 2.45) is 5.92 Å². The van der Waals surface area contributed by atoms with E-state index in [2.05, 4.69) is 16.0 Å². The van der Waals surface area contributed by atoms with Gasteiger partial charge >= 0.3 is 6.03 Å². The Morgan fingerprint density at radius 1 is 1.22 bits per heavy atom. The fraction of sp³-hybridized carbons (Fsp3) is 0.833. The Bertz CT molecular complexity index is 269. The standard InChI is InChI=1S/C12H25N3O3/c1-5-13-12(18)15-11(17)9(4)14-10(6-7-16)8(2)3/h8-10,14,16H,5-7H2,1-4H3,(H2,13,15,17,18). The zero-order valence-electron chi connectivity index (χ0n) is 11.6. The number of carbonyl (C=O) groups excluding carboxylic acids is 2. The smallest absolute Gasteiger partial charge is 0.321 e. The molecule has 0 spiro atoms. The van der Waals surface area contributed by atoms with Crippen LogP contribution in [0.15, 0.2) is 0 Å². The van der Waals surface area contributed by atoms with Gasteiger partial charge in [0.15, 0.2) is 0 Å². The number of amides is 3. The second kappa shape index (κ2) is 8.88. The van der Waals surface area contributed by atoms with Crippen molar-refractivity contribution < 1.29 is 14.7 Å². The van der Waals surface area contributed by atoms with Crippen molar-refractivity contribution in [1.29, 1.82) is 0 Å². The molecule has 0 saturated carbocycles. The highest BCUT2D eigenvalue weighted by molar-refractivity contribution is 5.96. The van der Waals surface area contributed by atoms with Crippen LogP contribution in [0.4, 0.5) is 4.79 Å². The van der Waals surface area contributed by atoms with Crippen molar-refractivity contribution >= 4 is 11.9 Å². The topological polar surface area (TPSA) is 90.5 Å². The fourth-order valence-electron chi connectivity index (χ4n) is 1.57. The lowest BCUT2D eigenvalue weighted by Crippen LogP contribution is -2.51. The van der Waals surface area contributed by atoms with E-state index in [4.69, 9.17) is 5.11 Å². The number of urea groups is 1. The van der Waals surface area contributed by atoms with Gasteiger partial charge in [0.2, 0.25) is 5.91 Å². The molecule has 0 rings (SSSR count). The molecule has 0 radical (unpaired) electrons. The van der Waals surface area contributed by atoms with E-state index in [1.807, 2.05) is 13.8 Å². The lowest BCUT2D eigenvalue weighted by Gasteiger charge is -2.25. The van der Waals surface area contributed by atoms with E-state index in [0.717, 1.165) is 0 Å². The van der Waals surface area contributed by atoms with Gasteiger partial charge in [0, 0.05) is 19.2 Å². The molecule has 0 aromatic rings. The Morgan fingerprint density at radius 2 is 1.83 bits per heavy atom. The highest BCUT2D eigenvalue weighted by Gasteiger charge is 2.20. The molecule has 2 unspecified atom stereocenters. The predicted octanol–water partition coefficient (Wildman–Crippen LogP) is 0.217. The molecule has 6 heteroatoms. The molecule has 18 heavy (non-hydrogen) atoms. The van der Waals surface area contributed by atoms with Gasteiger partial charge in [0.25, 0.3) is 0 Å². The predicted molar refractivity (Wildman–Crippen MR) is 70.1 cm³/mol. The van der Waals surface area contributed by atoms with Gasteiger partial charge < -0.3 is 15.7 Å². The van der Waals surface area contributed by atoms with Gasteiger partial charge in [-0.25, -0.2) is 4.79 Å². The maximum atomic E-state index is 11.7. The molecule has 4 N–H and O–H groups in total. The van der Waals surface area contributed by atoms with Gasteiger partial charge in [0.05, 0.1) is 6.04 Å². The maximum absolute atomic E-state index is 11.7. The first kappa shape index (κ1) is 16.9. The summed E-state index contributed by atoms with van der Waals surface area (Å²) in [7, 11) is 0. The highest BCUT2D eigenvalue weighted by Crippen LogP contribution is 2.06. The molecule has 0 aliphatic carbocycles. The minimum Gasteiger partial charge on any atom is -0.396 e. The first-order valence-electron chi connectivity index (χ1n) is 6.37. The van der Waals surface area contributed by atoms with Gasteiger partial charge in [-0.05, 0) is 26.2 Å². The molecule has 0 bridgehead atoms. The summed E-state index contributed by atoms with van der Waals surface area (Å²) in [5.74, 6) is -0.0681. The quantitative estimate of drug-likeness (QED) is 0.526. The number of nitrogens with one attached hydrogen (secondary N) is 3. The first-order valence-corrected chi connectivity index (χ1v) is 6.37. The van der Waals surface area contributed by atoms with Crippen LogP contribution in [0.3, 0.4) is 0 Å². The molecular weight excluding hydrogens is 234 g/mol. The van der Waals surface area contributed by atoms with Gasteiger partial charge in [0.1, 0.15) is 0 Å². The molecule has 2 atom stereocenters. The van der Waals surface area contributed by atoms with Crippen LogP contribution < -0.4 is 16.0 Å². The monoisotopic (exact) mass is 259 g/mol. The number of hydrogen-bond donors (Lipinski definition) is 4. The highest BCUT2D eigenvalue weighted by atomic mass is 16.3. The molecule has 0 aliphatic heterocycles. The zero-order valence-corrected chi connectivity index (χ0v) is 11.6. The second-order valence-electron chi connectivity index (χ2n) is 4.60. The van der Waals surface area contributed by atoms with Gasteiger partial charge in [-0.15, -0.1) is 0 Å². The average molecular weight is 259 g/mol. The van der Waals surface area contributed by atoms with E-state index < -0.39 is 12.1 Å². The third kappa shape index (κ3) is 6.56. The Hall–Kier alpha value is -1.14. The summed E-state index contributed by atoms with van der Waals surface area (Å²) in [5, 5.41) is 16.8. The Balaban J connectivity index is 4.23. The summed E-state index contributed by atoms with van der Waals surface area (Å²) < 4.78 is 0. The molecule has 0 aromatic carbocycles. The van der Waals surface area contributed by atoms with E-state index in [0.29, 0.717) is 18.9 Å². The van der Waals surface area contributed by atoms with Crippen molar-refractivity contribution in [3.63, 3.8) is 0 Å². The average Bonchev–Trinajstić information content (AvgIpc) is 2.28. The Kier molecular flexibility index (Phi) is 8.32. The van der Waals surface area contributed by atoms with Crippen LogP contribution in [0, 0.1) is 5.92 Å². The lowest BCUT2D eigenvalue weighted by molar-refractivity contribution is -0.122. The summed E-state index contributed by atoms with van der Waals surface area (Å²) >= 11 is 0. The van der Waals surface area contributed by atoms with Crippen LogP contribution in [-0.4, -0.2) is 42.3 Å². The van der Waals surface area contributed by atoms with Crippen LogP contribution in [0.5, 0.6) is 0 Å². The SMILES string of the molecule is CCNC(=O)NC(=O)C(C)NC(CCO)C(C)C. The van der Waals surface area contributed by atoms with Crippen LogP contribution >= 0.6 is 0 Å². The molecule has 3 amide bonds. The molecule has 6 nitrogen and oxygen atoms in total. The van der Waals surface area contributed by atoms with Crippen LogP contribution in [0.1, 0.15) is 34.1 Å². The molecular formula is C12H25N3O3. The van der Waals surface area contributed by atoms with E-state index in [1.54, 1.807) is 13.8 Å². The number of aliphatic hydroxyl groups is 1. The van der Waals surface area contributed by atoms with E-state index >= 15 is 0 Å². The molecule has 0 fully saturated rings. The summed E-state index contributed by atoms with van der Waals surface area (Å²) in [6.45, 7) is 8.05. The summed E-state index contributed by atoms with van der Waals surface area (Å²) in [6.07, 6.45) is 0.580. The number of rotatable bonds is 7. The van der Waals surface area contributed by atoms with Crippen molar-refractivity contribution in [2.45, 2.75) is 46.2 Å². The molecule has 0 heterocycles. The number of aliphatic hydroxyl groups excluding tert-OH is 1. The second-order valence-corrected chi connectivity index (χ2v) is 4.60. The molecule has 0 saturated heterocycles. The van der Waals surface area contributed by atoms with Crippen molar-refractivity contribution in [3.8, 4) is 0 Å². The lowest BCUT2D eigenvalue weighted by atomic mass is 10.0. The number of carbonyl (C=O) groups is 2. The van der Waals surface area contributed by atoms with E-state index in [1.165, 1.54) is 0 Å². The fourth-order valence-corrected chi connectivity index (χ4v) is 1.57. The normalized spacial score (nSPS) is 14.1. The Labute approximate surface area is 109 Å². The van der Waals surface area contributed by atoms with E-state index in [-0.39, 0.29) is 18.6 Å². The van der Waals surface area contributed by atoms with Crippen LogP contribution in [0.25, 0.3) is 0 Å². The first-order chi connectivity index (χ1) is 8.42. The third-order valence-corrected chi connectivity index (χ3v) is 2.68. The number of hydrogen-bond acceptors (Lipinski definition) is 4. The van der Waals surface area contributed by atoms with Crippen LogP contribution in [-0.2, 0) is 4.79 Å². The molecule has 106 valence electrons. The molecule has 0 aliphatic rings. The van der Waals surface area contributed by atoms with Gasteiger partial charge in [-0.3, -0.25) is 10.1 Å². The van der Waals surface area contributed by atoms with Gasteiger partial charge in [-0.1, -0.05) is 13.8 Å². The minimum atomic E-state index is -0.487. The molecule has 0 aromatic heterocycles. The summed E-state index contributed by atoms with van der Waals surface area (Å²) in [6, 6.07) is -0.920. The third-order valence-electron chi connectivity index (χ3n) is 2.68. The zero-order chi connectivity index (χ0) is 14.1. The van der Waals surface area contributed by atoms with E-state index in [9.17, 15) is 9.59 Å². The van der Waals surface area contributed by atoms with Crippen molar-refractivity contribution in [1.82, 2.24) is 16.0 Å². The summed E-state index contributed by atoms with van der Waals surface area (Å²) in [4.78, 5) is 22.9. The van der Waals surface area contributed by atoms with Crippen molar-refractivity contribution in [3.05, 3.63) is 0 Å².